The first-order valence-corrected chi connectivity index (χ1v) is 15.9. The van der Waals surface area contributed by atoms with E-state index in [1.165, 1.54) is 89.9 Å². The summed E-state index contributed by atoms with van der Waals surface area (Å²) in [6.45, 7) is 15.8. The van der Waals surface area contributed by atoms with Crippen LogP contribution in [0.15, 0.2) is 24.3 Å². The van der Waals surface area contributed by atoms with Crippen LogP contribution in [0.5, 0.6) is 0 Å². The van der Waals surface area contributed by atoms with Gasteiger partial charge in [0.2, 0.25) is 0 Å². The third kappa shape index (κ3) is 41.4. The van der Waals surface area contributed by atoms with Crippen LogP contribution in [-0.4, -0.2) is 35.8 Å². The minimum absolute atomic E-state index is 0. The molecule has 0 aliphatic carbocycles. The molecule has 0 spiro atoms. The van der Waals surface area contributed by atoms with E-state index >= 15 is 0 Å². The summed E-state index contributed by atoms with van der Waals surface area (Å²) >= 11 is 0. The Bertz CT molecular complexity index is 626. The van der Waals surface area contributed by atoms with Gasteiger partial charge in [-0.3, -0.25) is 0 Å². The third-order valence-corrected chi connectivity index (χ3v) is 6.14. The Hall–Kier alpha value is -1.04. The molecule has 0 aliphatic rings. The van der Waals surface area contributed by atoms with Gasteiger partial charge >= 0.3 is 23.9 Å². The van der Waals surface area contributed by atoms with Gasteiger partial charge in [0.1, 0.15) is 0 Å². The predicted molar refractivity (Wildman–Crippen MR) is 171 cm³/mol. The molecule has 0 fully saturated rings. The number of hydrogen-bond donors (Lipinski definition) is 0. The predicted octanol–water partition coefficient (Wildman–Crippen LogP) is 8.47. The Morgan fingerprint density at radius 1 is 0.625 bits per heavy atom. The van der Waals surface area contributed by atoms with E-state index < -0.39 is 11.9 Å². The first-order chi connectivity index (χ1) is 18.8. The van der Waals surface area contributed by atoms with E-state index in [4.69, 9.17) is 0 Å². The van der Waals surface area contributed by atoms with Gasteiger partial charge in [-0.05, 0) is 36.5 Å². The Kier molecular flexibility index (Phi) is 46.0. The van der Waals surface area contributed by atoms with Crippen molar-refractivity contribution in [3.05, 3.63) is 49.2 Å². The summed E-state index contributed by atoms with van der Waals surface area (Å²) < 4.78 is 0. The zero-order valence-electron chi connectivity index (χ0n) is 26.7. The molecule has 0 aliphatic heterocycles. The van der Waals surface area contributed by atoms with Crippen LogP contribution in [0.4, 0.5) is 0 Å². The summed E-state index contributed by atoms with van der Waals surface area (Å²) in [7, 11) is 0. The number of hydrogen-bond acceptors (Lipinski definition) is 4. The van der Waals surface area contributed by atoms with E-state index in [0.717, 1.165) is 44.1 Å². The van der Waals surface area contributed by atoms with Gasteiger partial charge in [-0.2, -0.15) is 0 Å². The zero-order valence-corrected chi connectivity index (χ0v) is 29.6. The number of aromatic carboxylic acids is 1. The van der Waals surface area contributed by atoms with Crippen LogP contribution < -0.4 is 10.2 Å². The van der Waals surface area contributed by atoms with Crippen LogP contribution in [0.25, 0.3) is 0 Å². The maximum atomic E-state index is 10.4. The fourth-order valence-corrected chi connectivity index (χ4v) is 3.61. The fraction of sp³-hybridized carbons (Fsp3) is 0.714. The molecule has 0 atom stereocenters. The van der Waals surface area contributed by atoms with Gasteiger partial charge in [0.25, 0.3) is 0 Å². The van der Waals surface area contributed by atoms with Crippen LogP contribution in [-0.2, 0) is 11.2 Å². The average molecular weight is 666 g/mol. The molecule has 4 nitrogen and oxygen atoms in total. The molecule has 0 saturated carbocycles. The second-order valence-electron chi connectivity index (χ2n) is 10.2. The van der Waals surface area contributed by atoms with Crippen LogP contribution in [0.3, 0.4) is 0 Å². The summed E-state index contributed by atoms with van der Waals surface area (Å²) in [5, 5.41) is 20.7. The van der Waals surface area contributed by atoms with Gasteiger partial charge in [0, 0.05) is 5.97 Å². The van der Waals surface area contributed by atoms with Gasteiger partial charge in [0.05, 0.1) is 5.97 Å². The molecular weight excluding hydrogens is 603 g/mol. The van der Waals surface area contributed by atoms with Crippen molar-refractivity contribution in [3.8, 4) is 0 Å². The summed E-state index contributed by atoms with van der Waals surface area (Å²) in [4.78, 5) is 20.7. The molecule has 40 heavy (non-hydrogen) atoms. The number of carbonyl (C=O) groups is 2. The minimum atomic E-state index is -1.10. The molecule has 1 aromatic rings. The van der Waals surface area contributed by atoms with E-state index in [2.05, 4.69) is 41.5 Å². The van der Waals surface area contributed by atoms with Crippen molar-refractivity contribution in [2.45, 2.75) is 163 Å². The number of aliphatic carboxylic acids is 1. The van der Waals surface area contributed by atoms with E-state index in [1.807, 2.05) is 6.07 Å². The number of rotatable bonds is 20. The molecule has 5 heteroatoms. The molecule has 0 N–H and O–H groups in total. The maximum Gasteiger partial charge on any atom is 2.00 e. The summed E-state index contributed by atoms with van der Waals surface area (Å²) in [5.41, 5.74) is 1.32. The molecule has 0 bridgehead atoms. The summed E-state index contributed by atoms with van der Waals surface area (Å²) in [6, 6.07) is 6.89. The number of aryl methyl sites for hydroxylation is 1. The minimum Gasteiger partial charge on any atom is -0.550 e. The molecule has 0 unspecified atom stereocenters. The van der Waals surface area contributed by atoms with Crippen molar-refractivity contribution >= 4 is 35.8 Å². The van der Waals surface area contributed by atoms with E-state index in [9.17, 15) is 19.8 Å². The molecule has 0 amide bonds. The van der Waals surface area contributed by atoms with Crippen molar-refractivity contribution in [1.29, 1.82) is 0 Å². The Balaban J connectivity index is -0.000000261. The van der Waals surface area contributed by atoms with Gasteiger partial charge in [-0.15, -0.1) is 0 Å². The van der Waals surface area contributed by atoms with Gasteiger partial charge in [-0.25, -0.2) is 0 Å². The Labute approximate surface area is 266 Å². The van der Waals surface area contributed by atoms with Crippen LogP contribution in [0.2, 0.25) is 0 Å². The normalized spacial score (nSPS) is 9.55. The summed E-state index contributed by atoms with van der Waals surface area (Å²) in [6.07, 6.45) is 24.9. The zero-order chi connectivity index (χ0) is 30.0. The standard InChI is InChI=1S/C17H34O2.C10H12O2.2C4H9.Sn/c1-2-3-4-5-6-7-8-9-10-11-12-13-14-15-16-17(18)19;1-2-4-8-5-3-6-9(7-8)10(11)12;2*1-3-4-2;/h2-16H2,1H3,(H,18,19);3,5-7H,2,4H2,1H3,(H,11,12);2*1,3-4H2,2H3;/q;;;;+2/p-2. The number of carbonyl (C=O) groups excluding carboxylic acids is 2. The van der Waals surface area contributed by atoms with Crippen molar-refractivity contribution in [2.24, 2.45) is 0 Å². The first kappa shape index (κ1) is 45.9. The van der Waals surface area contributed by atoms with Crippen molar-refractivity contribution in [3.63, 3.8) is 0 Å². The SMILES string of the molecule is CCCCCCCCCCCCCCCCC(=O)[O-].CCCc1cccc(C(=O)[O-])c1.[CH2]CCC.[CH2]CCC.[Sn+2]. The van der Waals surface area contributed by atoms with Crippen molar-refractivity contribution in [1.82, 2.24) is 0 Å². The second-order valence-corrected chi connectivity index (χ2v) is 10.2. The van der Waals surface area contributed by atoms with Crippen LogP contribution >= 0.6 is 0 Å². The number of unbranched alkanes of at least 4 members (excludes halogenated alkanes) is 15. The maximum absolute atomic E-state index is 10.4. The summed E-state index contributed by atoms with van der Waals surface area (Å²) in [5.74, 6) is -2.01. The molecule has 230 valence electrons. The topological polar surface area (TPSA) is 80.3 Å². The number of carboxylic acids is 2. The van der Waals surface area contributed by atoms with Gasteiger partial charge in [0.15, 0.2) is 0 Å². The average Bonchev–Trinajstić information content (AvgIpc) is 2.94. The molecule has 1 rings (SSSR count). The fourth-order valence-electron chi connectivity index (χ4n) is 3.61. The molecule has 4 radical (unpaired) electrons. The molecule has 0 heterocycles. The van der Waals surface area contributed by atoms with E-state index in [0.29, 0.717) is 0 Å². The second kappa shape index (κ2) is 40.1. The molecule has 0 saturated heterocycles. The van der Waals surface area contributed by atoms with Crippen LogP contribution in [0, 0.1) is 13.8 Å². The van der Waals surface area contributed by atoms with Gasteiger partial charge < -0.3 is 19.8 Å². The first-order valence-electron chi connectivity index (χ1n) is 15.9. The Morgan fingerprint density at radius 2 is 1.02 bits per heavy atom. The third-order valence-electron chi connectivity index (χ3n) is 6.14. The largest absolute Gasteiger partial charge is 2.00 e. The molecule has 1 aromatic carbocycles. The van der Waals surface area contributed by atoms with E-state index in [-0.39, 0.29) is 35.9 Å². The molecular formula is C35H62O4Sn. The van der Waals surface area contributed by atoms with Crippen molar-refractivity contribution < 1.29 is 19.8 Å². The van der Waals surface area contributed by atoms with Crippen molar-refractivity contribution in [2.75, 3.05) is 0 Å². The molecule has 0 aromatic heterocycles. The quantitative estimate of drug-likeness (QED) is 0.103. The van der Waals surface area contributed by atoms with E-state index in [1.54, 1.807) is 18.2 Å². The van der Waals surface area contributed by atoms with Gasteiger partial charge in [-0.1, -0.05) is 175 Å². The Morgan fingerprint density at radius 3 is 1.35 bits per heavy atom. The smallest absolute Gasteiger partial charge is 0.550 e. The number of carboxylic acid groups (broad SMARTS) is 2. The van der Waals surface area contributed by atoms with Crippen LogP contribution in [0.1, 0.15) is 172 Å². The monoisotopic (exact) mass is 666 g/mol. The number of benzene rings is 1.